The molecule has 2 aromatic heterocycles. The second kappa shape index (κ2) is 5.52. The number of carbonyl (C=O) groups excluding carboxylic acids is 2. The average molecular weight is 317 g/mol. The summed E-state index contributed by atoms with van der Waals surface area (Å²) < 4.78 is 0. The van der Waals surface area contributed by atoms with Gasteiger partial charge in [-0.05, 0) is 30.3 Å². The molecule has 1 atom stereocenters. The number of H-pyrrole nitrogens is 1. The molecule has 3 amide bonds. The number of nitrogens with zero attached hydrogens (tertiary/aromatic N) is 2. The van der Waals surface area contributed by atoms with Gasteiger partial charge in [0.05, 0.1) is 5.52 Å². The molecule has 3 N–H and O–H groups in total. The Morgan fingerprint density at radius 3 is 2.67 bits per heavy atom. The molecule has 1 saturated heterocycles. The molecule has 1 aromatic carbocycles. The maximum absolute atomic E-state index is 11.5. The summed E-state index contributed by atoms with van der Waals surface area (Å²) in [6.07, 6.45) is 3.44. The number of aromatic amines is 1. The first-order valence-electron chi connectivity index (χ1n) is 7.22. The van der Waals surface area contributed by atoms with Crippen LogP contribution in [0, 0.1) is 11.8 Å². The summed E-state index contributed by atoms with van der Waals surface area (Å²) in [4.78, 5) is 26.5. The number of aromatic nitrogens is 3. The maximum atomic E-state index is 11.5. The molecule has 0 radical (unpaired) electrons. The molecule has 0 aliphatic carbocycles. The minimum atomic E-state index is -0.817. The van der Waals surface area contributed by atoms with Gasteiger partial charge in [-0.15, -0.1) is 0 Å². The average Bonchev–Trinajstić information content (AvgIpc) is 3.16. The van der Waals surface area contributed by atoms with Crippen molar-refractivity contribution in [3.63, 3.8) is 0 Å². The van der Waals surface area contributed by atoms with E-state index >= 15 is 0 Å². The molecular weight excluding hydrogens is 306 g/mol. The highest BCUT2D eigenvalue weighted by Crippen LogP contribution is 2.26. The van der Waals surface area contributed by atoms with Gasteiger partial charge in [0.1, 0.15) is 5.69 Å². The van der Waals surface area contributed by atoms with E-state index in [1.807, 2.05) is 30.3 Å². The second-order valence-electron chi connectivity index (χ2n) is 5.23. The summed E-state index contributed by atoms with van der Waals surface area (Å²) >= 11 is 0. The van der Waals surface area contributed by atoms with E-state index in [9.17, 15) is 9.59 Å². The highest BCUT2D eigenvalue weighted by molar-refractivity contribution is 6.06. The highest BCUT2D eigenvalue weighted by Gasteiger charge is 2.27. The number of carbonyl (C=O) groups is 2. The van der Waals surface area contributed by atoms with Gasteiger partial charge in [0.2, 0.25) is 0 Å². The lowest BCUT2D eigenvalue weighted by Crippen LogP contribution is -2.26. The van der Waals surface area contributed by atoms with E-state index in [1.54, 1.807) is 12.4 Å². The zero-order valence-corrected chi connectivity index (χ0v) is 12.3. The van der Waals surface area contributed by atoms with Crippen LogP contribution in [-0.4, -0.2) is 33.2 Å². The summed E-state index contributed by atoms with van der Waals surface area (Å²) in [6.45, 7) is 0. The van der Waals surface area contributed by atoms with Crippen molar-refractivity contribution in [3.05, 3.63) is 48.3 Å². The molecule has 24 heavy (non-hydrogen) atoms. The third-order valence-electron chi connectivity index (χ3n) is 3.65. The summed E-state index contributed by atoms with van der Waals surface area (Å²) in [5, 5.41) is 12.9. The maximum Gasteiger partial charge on any atom is 0.322 e. The lowest BCUT2D eigenvalue weighted by Gasteiger charge is -1.98. The highest BCUT2D eigenvalue weighted by atomic mass is 16.2. The standard InChI is InChI=1S/C17H11N5O2/c23-16-13(19-17(24)20-16)4-2-10-1-3-12-14(9-10)21-22-15(12)11-5-7-18-8-6-11/h1,3,5-9,13H,(H,21,22)(H2,19,20,23,24). The number of imide groups is 1. The Morgan fingerprint density at radius 2 is 1.92 bits per heavy atom. The number of hydrogen-bond donors (Lipinski definition) is 3. The molecule has 7 nitrogen and oxygen atoms in total. The number of nitrogens with one attached hydrogen (secondary N) is 3. The van der Waals surface area contributed by atoms with Crippen LogP contribution in [0.3, 0.4) is 0 Å². The lowest BCUT2D eigenvalue weighted by atomic mass is 10.1. The quantitative estimate of drug-likeness (QED) is 0.463. The van der Waals surface area contributed by atoms with Crippen molar-refractivity contribution >= 4 is 22.8 Å². The van der Waals surface area contributed by atoms with Crippen LogP contribution < -0.4 is 10.6 Å². The Morgan fingerprint density at radius 1 is 1.08 bits per heavy atom. The molecule has 1 aliphatic rings. The van der Waals surface area contributed by atoms with Crippen LogP contribution in [0.25, 0.3) is 22.2 Å². The minimum absolute atomic E-state index is 0.435. The third kappa shape index (κ3) is 2.46. The van der Waals surface area contributed by atoms with E-state index in [0.717, 1.165) is 27.7 Å². The molecule has 1 aliphatic heterocycles. The number of urea groups is 1. The van der Waals surface area contributed by atoms with Crippen LogP contribution in [0.2, 0.25) is 0 Å². The second-order valence-corrected chi connectivity index (χ2v) is 5.23. The molecule has 3 heterocycles. The number of fused-ring (bicyclic) bond motifs is 1. The van der Waals surface area contributed by atoms with Crippen molar-refractivity contribution in [1.82, 2.24) is 25.8 Å². The van der Waals surface area contributed by atoms with Crippen LogP contribution in [0.5, 0.6) is 0 Å². The zero-order valence-electron chi connectivity index (χ0n) is 12.3. The molecule has 0 bridgehead atoms. The van der Waals surface area contributed by atoms with E-state index in [-0.39, 0.29) is 0 Å². The number of rotatable bonds is 1. The minimum Gasteiger partial charge on any atom is -0.316 e. The van der Waals surface area contributed by atoms with Crippen molar-refractivity contribution in [3.8, 4) is 23.1 Å². The van der Waals surface area contributed by atoms with Crippen LogP contribution in [0.15, 0.2) is 42.7 Å². The van der Waals surface area contributed by atoms with E-state index in [1.165, 1.54) is 0 Å². The molecule has 0 saturated carbocycles. The zero-order chi connectivity index (χ0) is 16.5. The first-order valence-corrected chi connectivity index (χ1v) is 7.22. The number of pyridine rings is 1. The summed E-state index contributed by atoms with van der Waals surface area (Å²) in [6, 6.07) is 8.08. The molecule has 0 spiro atoms. The molecule has 1 fully saturated rings. The number of amides is 3. The predicted octanol–water partition coefficient (Wildman–Crippen LogP) is 1.18. The van der Waals surface area contributed by atoms with Crippen molar-refractivity contribution in [2.45, 2.75) is 6.04 Å². The Kier molecular flexibility index (Phi) is 3.21. The summed E-state index contributed by atoms with van der Waals surface area (Å²) in [7, 11) is 0. The Hall–Kier alpha value is -3.66. The Bertz CT molecular complexity index is 1010. The number of benzene rings is 1. The van der Waals surface area contributed by atoms with Gasteiger partial charge in [-0.25, -0.2) is 4.79 Å². The van der Waals surface area contributed by atoms with Crippen LogP contribution in [0.1, 0.15) is 5.56 Å². The van der Waals surface area contributed by atoms with Gasteiger partial charge < -0.3 is 5.32 Å². The van der Waals surface area contributed by atoms with Gasteiger partial charge in [0.15, 0.2) is 6.04 Å². The van der Waals surface area contributed by atoms with E-state index in [4.69, 9.17) is 0 Å². The van der Waals surface area contributed by atoms with Gasteiger partial charge in [-0.1, -0.05) is 11.8 Å². The van der Waals surface area contributed by atoms with E-state index < -0.39 is 18.0 Å². The van der Waals surface area contributed by atoms with Crippen molar-refractivity contribution in [1.29, 1.82) is 0 Å². The van der Waals surface area contributed by atoms with Gasteiger partial charge >= 0.3 is 6.03 Å². The van der Waals surface area contributed by atoms with Crippen LogP contribution in [-0.2, 0) is 4.79 Å². The first kappa shape index (κ1) is 14.0. The van der Waals surface area contributed by atoms with E-state index in [2.05, 4.69) is 37.7 Å². The summed E-state index contributed by atoms with van der Waals surface area (Å²) in [5.74, 6) is 5.20. The molecular formula is C17H11N5O2. The van der Waals surface area contributed by atoms with Crippen LogP contribution in [0.4, 0.5) is 4.79 Å². The van der Waals surface area contributed by atoms with Crippen molar-refractivity contribution < 1.29 is 9.59 Å². The predicted molar refractivity (Wildman–Crippen MR) is 86.7 cm³/mol. The van der Waals surface area contributed by atoms with E-state index in [0.29, 0.717) is 0 Å². The van der Waals surface area contributed by atoms with Crippen molar-refractivity contribution in [2.75, 3.05) is 0 Å². The molecule has 4 rings (SSSR count). The van der Waals surface area contributed by atoms with Crippen molar-refractivity contribution in [2.24, 2.45) is 0 Å². The van der Waals surface area contributed by atoms with Gasteiger partial charge in [0, 0.05) is 28.9 Å². The number of hydrogen-bond acceptors (Lipinski definition) is 4. The largest absolute Gasteiger partial charge is 0.322 e. The molecule has 7 heteroatoms. The van der Waals surface area contributed by atoms with Gasteiger partial charge in [0.25, 0.3) is 5.91 Å². The summed E-state index contributed by atoms with van der Waals surface area (Å²) in [5.41, 5.74) is 3.38. The normalized spacial score (nSPS) is 16.4. The topological polar surface area (TPSA) is 99.8 Å². The lowest BCUT2D eigenvalue weighted by molar-refractivity contribution is -0.119. The Balaban J connectivity index is 1.66. The first-order chi connectivity index (χ1) is 11.7. The fourth-order valence-electron chi connectivity index (χ4n) is 2.50. The molecule has 1 unspecified atom stereocenters. The third-order valence-corrected chi connectivity index (χ3v) is 3.65. The molecule has 3 aromatic rings. The van der Waals surface area contributed by atoms with Crippen LogP contribution >= 0.6 is 0 Å². The fraction of sp³-hybridized carbons (Fsp3) is 0.0588. The SMILES string of the molecule is O=C1NC(=O)C(C#Cc2ccc3c(-c4ccncc4)n[nH]c3c2)N1. The fourth-order valence-corrected chi connectivity index (χ4v) is 2.50. The smallest absolute Gasteiger partial charge is 0.316 e. The monoisotopic (exact) mass is 317 g/mol. The van der Waals surface area contributed by atoms with Gasteiger partial charge in [-0.3, -0.25) is 20.2 Å². The molecule has 116 valence electrons. The Labute approximate surface area is 136 Å². The van der Waals surface area contributed by atoms with Gasteiger partial charge in [-0.2, -0.15) is 5.10 Å².